The first-order valence-electron chi connectivity index (χ1n) is 6.17. The molecular formula is C12H16ClNO3S2. The third-order valence-electron chi connectivity index (χ3n) is 3.19. The molecule has 4 nitrogen and oxygen atoms in total. The number of thiophene rings is 1. The van der Waals surface area contributed by atoms with Crippen molar-refractivity contribution in [3.8, 4) is 0 Å². The van der Waals surface area contributed by atoms with Crippen LogP contribution in [0.5, 0.6) is 0 Å². The predicted octanol–water partition coefficient (Wildman–Crippen LogP) is 2.86. The number of halogens is 1. The monoisotopic (exact) mass is 321 g/mol. The van der Waals surface area contributed by atoms with Gasteiger partial charge in [0.15, 0.2) is 0 Å². The second-order valence-electron chi connectivity index (χ2n) is 4.76. The van der Waals surface area contributed by atoms with Gasteiger partial charge in [0.1, 0.15) is 0 Å². The van der Waals surface area contributed by atoms with Crippen molar-refractivity contribution in [2.24, 2.45) is 5.92 Å². The van der Waals surface area contributed by atoms with E-state index in [0.717, 1.165) is 6.54 Å². The highest BCUT2D eigenvalue weighted by Crippen LogP contribution is 2.32. The molecular weight excluding hydrogens is 306 g/mol. The van der Waals surface area contributed by atoms with Gasteiger partial charge in [-0.05, 0) is 38.7 Å². The Balaban J connectivity index is 2.23. The van der Waals surface area contributed by atoms with Crippen LogP contribution in [0.3, 0.4) is 0 Å². The topological polar surface area (TPSA) is 54.5 Å². The number of amides is 1. The molecule has 7 heteroatoms. The lowest BCUT2D eigenvalue weighted by Gasteiger charge is -2.19. The van der Waals surface area contributed by atoms with E-state index < -0.39 is 9.05 Å². The van der Waals surface area contributed by atoms with Crippen LogP contribution in [-0.4, -0.2) is 32.3 Å². The van der Waals surface area contributed by atoms with Gasteiger partial charge in [0.05, 0.1) is 9.77 Å². The molecule has 0 bridgehead atoms. The van der Waals surface area contributed by atoms with Crippen molar-refractivity contribution in [2.45, 2.75) is 31.6 Å². The first kappa shape index (κ1) is 14.8. The van der Waals surface area contributed by atoms with E-state index in [1.807, 2.05) is 6.92 Å². The molecule has 1 fully saturated rings. The lowest BCUT2D eigenvalue weighted by molar-refractivity contribution is 0.0761. The molecule has 1 heterocycles. The van der Waals surface area contributed by atoms with Crippen molar-refractivity contribution >= 4 is 37.0 Å². The van der Waals surface area contributed by atoms with Gasteiger partial charge in [-0.1, -0.05) is 0 Å². The minimum atomic E-state index is -3.78. The van der Waals surface area contributed by atoms with Crippen molar-refractivity contribution in [3.63, 3.8) is 0 Å². The second kappa shape index (κ2) is 5.42. The van der Waals surface area contributed by atoms with Crippen molar-refractivity contribution in [1.29, 1.82) is 0 Å². The van der Waals surface area contributed by atoms with E-state index in [2.05, 4.69) is 0 Å². The molecule has 1 amide bonds. The average Bonchev–Trinajstić information content (AvgIpc) is 3.04. The maximum absolute atomic E-state index is 12.3. The maximum Gasteiger partial charge on any atom is 0.263 e. The van der Waals surface area contributed by atoms with Gasteiger partial charge >= 0.3 is 0 Å². The molecule has 0 unspecified atom stereocenters. The number of aryl methyl sites for hydroxylation is 1. The van der Waals surface area contributed by atoms with E-state index in [1.165, 1.54) is 30.2 Å². The summed E-state index contributed by atoms with van der Waals surface area (Å²) in [7, 11) is 1.57. The highest BCUT2D eigenvalue weighted by Gasteiger charge is 2.28. The lowest BCUT2D eigenvalue weighted by Crippen LogP contribution is -2.32. The largest absolute Gasteiger partial charge is 0.338 e. The quantitative estimate of drug-likeness (QED) is 0.784. The Morgan fingerprint density at radius 2 is 2.16 bits per heavy atom. The predicted molar refractivity (Wildman–Crippen MR) is 76.4 cm³/mol. The summed E-state index contributed by atoms with van der Waals surface area (Å²) in [6.07, 6.45) is 2.35. The molecule has 106 valence electrons. The Morgan fingerprint density at radius 3 is 2.58 bits per heavy atom. The normalized spacial score (nSPS) is 15.5. The van der Waals surface area contributed by atoms with Crippen LogP contribution in [0.15, 0.2) is 11.0 Å². The molecule has 0 spiro atoms. The highest BCUT2D eigenvalue weighted by atomic mass is 35.7. The minimum Gasteiger partial charge on any atom is -0.338 e. The average molecular weight is 322 g/mol. The van der Waals surface area contributed by atoms with Crippen LogP contribution < -0.4 is 0 Å². The first-order valence-corrected chi connectivity index (χ1v) is 9.30. The number of nitrogens with zero attached hydrogens (tertiary/aromatic N) is 1. The molecule has 0 N–H and O–H groups in total. The van der Waals surface area contributed by atoms with Gasteiger partial charge in [-0.15, -0.1) is 11.3 Å². The summed E-state index contributed by atoms with van der Waals surface area (Å²) in [6.45, 7) is 4.98. The Hall–Kier alpha value is -0.590. The van der Waals surface area contributed by atoms with Crippen LogP contribution in [0.4, 0.5) is 0 Å². The van der Waals surface area contributed by atoms with E-state index in [4.69, 9.17) is 10.7 Å². The van der Waals surface area contributed by atoms with Gasteiger partial charge in [0.25, 0.3) is 15.0 Å². The molecule has 1 aliphatic rings. The molecule has 1 aliphatic carbocycles. The van der Waals surface area contributed by atoms with Crippen LogP contribution in [0.2, 0.25) is 0 Å². The minimum absolute atomic E-state index is 0.0463. The van der Waals surface area contributed by atoms with Gasteiger partial charge in [0, 0.05) is 28.6 Å². The summed E-state index contributed by atoms with van der Waals surface area (Å²) in [5.41, 5.74) is 0. The molecule has 1 aromatic rings. The van der Waals surface area contributed by atoms with Crippen molar-refractivity contribution in [3.05, 3.63) is 15.8 Å². The summed E-state index contributed by atoms with van der Waals surface area (Å²) in [4.78, 5) is 15.1. The van der Waals surface area contributed by atoms with Gasteiger partial charge in [0.2, 0.25) is 0 Å². The zero-order chi connectivity index (χ0) is 14.2. The standard InChI is InChI=1S/C12H16ClNO3S2/c1-3-14(7-9-4-5-9)12(15)10-6-11(8(2)18-10)19(13,16)17/h6,9H,3-5,7H2,1-2H3. The summed E-state index contributed by atoms with van der Waals surface area (Å²) < 4.78 is 22.7. The van der Waals surface area contributed by atoms with Crippen LogP contribution in [0.25, 0.3) is 0 Å². The Morgan fingerprint density at radius 1 is 1.53 bits per heavy atom. The van der Waals surface area contributed by atoms with E-state index >= 15 is 0 Å². The fourth-order valence-electron chi connectivity index (χ4n) is 1.94. The zero-order valence-corrected chi connectivity index (χ0v) is 13.2. The van der Waals surface area contributed by atoms with Gasteiger partial charge in [-0.2, -0.15) is 0 Å². The first-order chi connectivity index (χ1) is 8.82. The molecule has 2 rings (SSSR count). The number of carbonyl (C=O) groups is 1. The third-order valence-corrected chi connectivity index (χ3v) is 5.81. The maximum atomic E-state index is 12.3. The number of rotatable bonds is 5. The summed E-state index contributed by atoms with van der Waals surface area (Å²) in [6, 6.07) is 1.39. The van der Waals surface area contributed by atoms with Crippen molar-refractivity contribution < 1.29 is 13.2 Å². The smallest absolute Gasteiger partial charge is 0.263 e. The Bertz CT molecular complexity index is 590. The number of hydrogen-bond acceptors (Lipinski definition) is 4. The molecule has 0 saturated heterocycles. The number of hydrogen-bond donors (Lipinski definition) is 0. The highest BCUT2D eigenvalue weighted by molar-refractivity contribution is 8.13. The molecule has 0 aromatic carbocycles. The lowest BCUT2D eigenvalue weighted by atomic mass is 10.3. The number of carbonyl (C=O) groups excluding carboxylic acids is 1. The van der Waals surface area contributed by atoms with Crippen molar-refractivity contribution in [1.82, 2.24) is 4.90 Å². The fraction of sp³-hybridized carbons (Fsp3) is 0.583. The molecule has 0 aliphatic heterocycles. The van der Waals surface area contributed by atoms with Crippen LogP contribution in [0.1, 0.15) is 34.3 Å². The van der Waals surface area contributed by atoms with Crippen LogP contribution in [-0.2, 0) is 9.05 Å². The van der Waals surface area contributed by atoms with Crippen molar-refractivity contribution in [2.75, 3.05) is 13.1 Å². The van der Waals surface area contributed by atoms with E-state index in [1.54, 1.807) is 11.8 Å². The Kier molecular flexibility index (Phi) is 4.23. The molecule has 19 heavy (non-hydrogen) atoms. The van der Waals surface area contributed by atoms with E-state index in [-0.39, 0.29) is 10.8 Å². The van der Waals surface area contributed by atoms with Gasteiger partial charge < -0.3 is 4.90 Å². The molecule has 1 saturated carbocycles. The van der Waals surface area contributed by atoms with E-state index in [0.29, 0.717) is 22.2 Å². The summed E-state index contributed by atoms with van der Waals surface area (Å²) >= 11 is 1.19. The van der Waals surface area contributed by atoms with Crippen LogP contribution >= 0.6 is 22.0 Å². The second-order valence-corrected chi connectivity index (χ2v) is 8.55. The molecule has 0 radical (unpaired) electrons. The molecule has 0 atom stereocenters. The summed E-state index contributed by atoms with van der Waals surface area (Å²) in [5.74, 6) is 0.509. The molecule has 1 aromatic heterocycles. The fourth-order valence-corrected chi connectivity index (χ4v) is 4.57. The third kappa shape index (κ3) is 3.49. The zero-order valence-electron chi connectivity index (χ0n) is 10.8. The van der Waals surface area contributed by atoms with Gasteiger partial charge in [-0.3, -0.25) is 4.79 Å². The van der Waals surface area contributed by atoms with E-state index in [9.17, 15) is 13.2 Å². The van der Waals surface area contributed by atoms with Gasteiger partial charge in [-0.25, -0.2) is 8.42 Å². The van der Waals surface area contributed by atoms with Crippen LogP contribution in [0, 0.1) is 12.8 Å². The summed E-state index contributed by atoms with van der Waals surface area (Å²) in [5, 5.41) is 0. The Labute approximate surface area is 121 Å². The SMILES string of the molecule is CCN(CC1CC1)C(=O)c1cc(S(=O)(=O)Cl)c(C)s1.